The molecular formula is C19H25N3O10. The zero-order valence-corrected chi connectivity index (χ0v) is 18.2. The summed E-state index contributed by atoms with van der Waals surface area (Å²) in [5, 5.41) is 14.1. The van der Waals surface area contributed by atoms with Crippen LogP contribution in [0.4, 0.5) is 0 Å². The van der Waals surface area contributed by atoms with Crippen LogP contribution in [-0.2, 0) is 47.7 Å². The van der Waals surface area contributed by atoms with Gasteiger partial charge in [0.2, 0.25) is 11.7 Å². The van der Waals surface area contributed by atoms with Crippen molar-refractivity contribution in [1.29, 1.82) is 5.26 Å². The Morgan fingerprint density at radius 1 is 1.09 bits per heavy atom. The number of ether oxygens (including phenoxy) is 5. The van der Waals surface area contributed by atoms with Gasteiger partial charge in [-0.05, 0) is 6.08 Å². The Morgan fingerprint density at radius 3 is 2.19 bits per heavy atom. The number of methoxy groups -OCH3 is 1. The van der Waals surface area contributed by atoms with Crippen LogP contribution in [0.1, 0.15) is 27.7 Å². The van der Waals surface area contributed by atoms with Crippen LogP contribution in [0.15, 0.2) is 11.8 Å². The van der Waals surface area contributed by atoms with Crippen LogP contribution in [0.25, 0.3) is 0 Å². The van der Waals surface area contributed by atoms with Crippen LogP contribution in [0.5, 0.6) is 0 Å². The monoisotopic (exact) mass is 455 g/mol. The molecule has 5 atom stereocenters. The Hall–Kier alpha value is -3.82. The van der Waals surface area contributed by atoms with Crippen molar-refractivity contribution in [3.63, 3.8) is 0 Å². The SMILES string of the molecule is COC(=O)C1=C[C@H](NC#N)[C@@H](NC(C)=O)[C@H]([C@@H](OC(C)=O)[C@@H](COC(C)=O)OC(C)=O)O1. The first-order valence-corrected chi connectivity index (χ1v) is 9.36. The second-order valence-electron chi connectivity index (χ2n) is 6.64. The van der Waals surface area contributed by atoms with E-state index in [0.29, 0.717) is 0 Å². The lowest BCUT2D eigenvalue weighted by molar-refractivity contribution is -0.188. The summed E-state index contributed by atoms with van der Waals surface area (Å²) in [5.74, 6) is -4.11. The Kier molecular flexibility index (Phi) is 9.94. The maximum absolute atomic E-state index is 12.1. The number of nitrogens with one attached hydrogen (secondary N) is 2. The summed E-state index contributed by atoms with van der Waals surface area (Å²) in [4.78, 5) is 58.8. The van der Waals surface area contributed by atoms with Crippen molar-refractivity contribution in [2.45, 2.75) is 58.1 Å². The third kappa shape index (κ3) is 7.78. The van der Waals surface area contributed by atoms with E-state index in [4.69, 9.17) is 24.2 Å². The average molecular weight is 455 g/mol. The molecule has 0 radical (unpaired) electrons. The van der Waals surface area contributed by atoms with Crippen molar-refractivity contribution in [3.05, 3.63) is 11.8 Å². The highest BCUT2D eigenvalue weighted by Gasteiger charge is 2.48. The van der Waals surface area contributed by atoms with E-state index in [1.165, 1.54) is 13.0 Å². The standard InChI is InChI=1S/C19H25N3O10/c1-9(23)22-16-13(21-8-20)6-14(19(27)28-5)32-18(16)17(31-12(4)26)15(30-11(3)25)7-29-10(2)24/h6,13,15-18,21H,7H2,1-5H3,(H,22,23)/t13-,15+,16+,17-,18+/m0/s1. The van der Waals surface area contributed by atoms with Crippen LogP contribution >= 0.6 is 0 Å². The summed E-state index contributed by atoms with van der Waals surface area (Å²) in [6, 6.07) is -2.08. The molecule has 0 aromatic rings. The molecule has 0 saturated heterocycles. The molecule has 0 aromatic heterocycles. The predicted octanol–water partition coefficient (Wildman–Crippen LogP) is -1.19. The minimum atomic E-state index is -1.47. The van der Waals surface area contributed by atoms with E-state index in [2.05, 4.69) is 15.4 Å². The lowest BCUT2D eigenvalue weighted by Gasteiger charge is -2.41. The first-order chi connectivity index (χ1) is 15.0. The topological polar surface area (TPSA) is 179 Å². The molecule has 0 fully saturated rings. The van der Waals surface area contributed by atoms with Crippen molar-refractivity contribution in [3.8, 4) is 6.19 Å². The number of amides is 1. The molecule has 1 heterocycles. The quantitative estimate of drug-likeness (QED) is 0.184. The first-order valence-electron chi connectivity index (χ1n) is 9.36. The highest BCUT2D eigenvalue weighted by Crippen LogP contribution is 2.26. The van der Waals surface area contributed by atoms with Gasteiger partial charge in [-0.2, -0.15) is 5.26 Å². The Balaban J connectivity index is 3.54. The summed E-state index contributed by atoms with van der Waals surface area (Å²) in [6.45, 7) is 3.95. The number of nitrogens with zero attached hydrogens (tertiary/aromatic N) is 1. The lowest BCUT2D eigenvalue weighted by atomic mass is 9.91. The largest absolute Gasteiger partial charge is 0.477 e. The van der Waals surface area contributed by atoms with Gasteiger partial charge in [0.25, 0.3) is 0 Å². The van der Waals surface area contributed by atoms with E-state index in [9.17, 15) is 24.0 Å². The van der Waals surface area contributed by atoms with Crippen molar-refractivity contribution in [1.82, 2.24) is 10.6 Å². The molecule has 1 aliphatic heterocycles. The molecule has 0 unspecified atom stereocenters. The van der Waals surface area contributed by atoms with Crippen LogP contribution in [0.2, 0.25) is 0 Å². The highest BCUT2D eigenvalue weighted by atomic mass is 16.6. The second-order valence-corrected chi connectivity index (χ2v) is 6.64. The van der Waals surface area contributed by atoms with Gasteiger partial charge in [0.15, 0.2) is 24.5 Å². The number of hydrogen-bond donors (Lipinski definition) is 2. The molecular weight excluding hydrogens is 430 g/mol. The van der Waals surface area contributed by atoms with Crippen LogP contribution < -0.4 is 10.6 Å². The number of hydrogen-bond acceptors (Lipinski definition) is 12. The molecule has 13 heteroatoms. The summed E-state index contributed by atoms with van der Waals surface area (Å²) in [5.41, 5.74) is 0. The van der Waals surface area contributed by atoms with Crippen LogP contribution in [0, 0.1) is 11.5 Å². The van der Waals surface area contributed by atoms with E-state index < -0.39 is 66.8 Å². The zero-order valence-electron chi connectivity index (χ0n) is 18.2. The van der Waals surface area contributed by atoms with E-state index in [1.807, 2.05) is 0 Å². The lowest BCUT2D eigenvalue weighted by Crippen LogP contribution is -2.63. The fraction of sp³-hybridized carbons (Fsp3) is 0.579. The number of carbonyl (C=O) groups excluding carboxylic acids is 5. The molecule has 0 aromatic carbocycles. The molecule has 13 nitrogen and oxygen atoms in total. The molecule has 32 heavy (non-hydrogen) atoms. The van der Waals surface area contributed by atoms with Gasteiger partial charge in [-0.15, -0.1) is 0 Å². The van der Waals surface area contributed by atoms with E-state index >= 15 is 0 Å². The molecule has 0 spiro atoms. The maximum atomic E-state index is 12.1. The van der Waals surface area contributed by atoms with E-state index in [0.717, 1.165) is 27.9 Å². The fourth-order valence-corrected chi connectivity index (χ4v) is 2.99. The van der Waals surface area contributed by atoms with Crippen molar-refractivity contribution in [2.24, 2.45) is 0 Å². The average Bonchev–Trinajstić information content (AvgIpc) is 2.69. The maximum Gasteiger partial charge on any atom is 0.373 e. The van der Waals surface area contributed by atoms with Gasteiger partial charge in [-0.1, -0.05) is 0 Å². The molecule has 1 aliphatic rings. The summed E-state index contributed by atoms with van der Waals surface area (Å²) in [6.07, 6.45) is -1.29. The number of esters is 4. The van der Waals surface area contributed by atoms with Crippen LogP contribution in [0.3, 0.4) is 0 Å². The molecule has 1 amide bonds. The van der Waals surface area contributed by atoms with E-state index in [-0.39, 0.29) is 5.76 Å². The van der Waals surface area contributed by atoms with Gasteiger partial charge in [0.05, 0.1) is 19.2 Å². The van der Waals surface area contributed by atoms with Gasteiger partial charge in [-0.3, -0.25) is 19.2 Å². The molecule has 0 aliphatic carbocycles. The normalized spacial score (nSPS) is 21.2. The number of rotatable bonds is 9. The first kappa shape index (κ1) is 26.2. The Morgan fingerprint density at radius 2 is 1.72 bits per heavy atom. The Labute approximate surface area is 183 Å². The fourth-order valence-electron chi connectivity index (χ4n) is 2.99. The number of carbonyl (C=O) groups is 5. The smallest absolute Gasteiger partial charge is 0.373 e. The molecule has 1 rings (SSSR count). The van der Waals surface area contributed by atoms with Crippen molar-refractivity contribution < 1.29 is 47.7 Å². The zero-order chi connectivity index (χ0) is 24.4. The molecule has 0 saturated carbocycles. The van der Waals surface area contributed by atoms with Gasteiger partial charge in [0, 0.05) is 27.7 Å². The predicted molar refractivity (Wildman–Crippen MR) is 103 cm³/mol. The van der Waals surface area contributed by atoms with Gasteiger partial charge >= 0.3 is 23.9 Å². The van der Waals surface area contributed by atoms with Gasteiger partial charge in [0.1, 0.15) is 6.61 Å². The second kappa shape index (κ2) is 12.1. The molecule has 0 bridgehead atoms. The summed E-state index contributed by atoms with van der Waals surface area (Å²) in [7, 11) is 1.10. The number of nitriles is 1. The minimum absolute atomic E-state index is 0.349. The van der Waals surface area contributed by atoms with Crippen molar-refractivity contribution in [2.75, 3.05) is 13.7 Å². The Bertz CT molecular complexity index is 819. The third-order valence-corrected chi connectivity index (χ3v) is 4.08. The van der Waals surface area contributed by atoms with E-state index in [1.54, 1.807) is 6.19 Å². The van der Waals surface area contributed by atoms with Gasteiger partial charge < -0.3 is 34.3 Å². The van der Waals surface area contributed by atoms with Crippen LogP contribution in [-0.4, -0.2) is 73.9 Å². The summed E-state index contributed by atoms with van der Waals surface area (Å²) < 4.78 is 25.7. The summed E-state index contributed by atoms with van der Waals surface area (Å²) >= 11 is 0. The van der Waals surface area contributed by atoms with Crippen molar-refractivity contribution >= 4 is 29.8 Å². The minimum Gasteiger partial charge on any atom is -0.477 e. The van der Waals surface area contributed by atoms with Gasteiger partial charge in [-0.25, -0.2) is 4.79 Å². The third-order valence-electron chi connectivity index (χ3n) is 4.08. The molecule has 176 valence electrons. The highest BCUT2D eigenvalue weighted by molar-refractivity contribution is 5.86. The molecule has 2 N–H and O–H groups in total.